The maximum atomic E-state index is 12.3. The first-order chi connectivity index (χ1) is 10.1. The fourth-order valence-corrected chi connectivity index (χ4v) is 2.54. The monoisotopic (exact) mass is 330 g/mol. The number of hydrogen-bond acceptors (Lipinski definition) is 5. The number of carbonyl (C=O) groups is 1. The molecule has 0 saturated carbocycles. The summed E-state index contributed by atoms with van der Waals surface area (Å²) in [7, 11) is 4.67. The predicted octanol–water partition coefficient (Wildman–Crippen LogP) is 1.24. The van der Waals surface area contributed by atoms with Crippen LogP contribution in [-0.2, 0) is 11.2 Å². The predicted molar refractivity (Wildman–Crippen MR) is 86.2 cm³/mol. The van der Waals surface area contributed by atoms with Gasteiger partial charge in [0.1, 0.15) is 0 Å². The highest BCUT2D eigenvalue weighted by Crippen LogP contribution is 2.38. The van der Waals surface area contributed by atoms with E-state index in [0.29, 0.717) is 30.2 Å². The lowest BCUT2D eigenvalue weighted by Gasteiger charge is -2.17. The zero-order valence-corrected chi connectivity index (χ0v) is 13.9. The number of rotatable bonds is 5. The highest BCUT2D eigenvalue weighted by Gasteiger charge is 2.24. The molecular formula is C15H23ClN2O4. The molecule has 1 fully saturated rings. The first kappa shape index (κ1) is 18.4. The molecule has 1 aromatic rings. The van der Waals surface area contributed by atoms with Crippen molar-refractivity contribution in [2.75, 3.05) is 34.4 Å². The van der Waals surface area contributed by atoms with Gasteiger partial charge in [0, 0.05) is 19.1 Å². The third-order valence-corrected chi connectivity index (χ3v) is 3.66. The van der Waals surface area contributed by atoms with Gasteiger partial charge in [0.2, 0.25) is 11.7 Å². The number of nitrogens with zero attached hydrogens (tertiary/aromatic N) is 1. The van der Waals surface area contributed by atoms with Crippen molar-refractivity contribution in [2.24, 2.45) is 5.73 Å². The van der Waals surface area contributed by atoms with Crippen molar-refractivity contribution < 1.29 is 19.0 Å². The van der Waals surface area contributed by atoms with E-state index < -0.39 is 0 Å². The van der Waals surface area contributed by atoms with E-state index in [0.717, 1.165) is 18.5 Å². The number of carbonyl (C=O) groups excluding carboxylic acids is 1. The van der Waals surface area contributed by atoms with Crippen LogP contribution in [0.4, 0.5) is 0 Å². The molecule has 6 nitrogen and oxygen atoms in total. The average molecular weight is 331 g/mol. The minimum Gasteiger partial charge on any atom is -0.493 e. The molecular weight excluding hydrogens is 308 g/mol. The fourth-order valence-electron chi connectivity index (χ4n) is 2.54. The van der Waals surface area contributed by atoms with Crippen LogP contribution in [0.2, 0.25) is 0 Å². The maximum absolute atomic E-state index is 12.3. The molecule has 1 amide bonds. The summed E-state index contributed by atoms with van der Waals surface area (Å²) in [4.78, 5) is 14.1. The Labute approximate surface area is 136 Å². The van der Waals surface area contributed by atoms with Gasteiger partial charge >= 0.3 is 0 Å². The molecule has 22 heavy (non-hydrogen) atoms. The van der Waals surface area contributed by atoms with Crippen molar-refractivity contribution in [3.63, 3.8) is 0 Å². The molecule has 2 rings (SSSR count). The van der Waals surface area contributed by atoms with Crippen molar-refractivity contribution in [3.05, 3.63) is 17.7 Å². The van der Waals surface area contributed by atoms with E-state index in [4.69, 9.17) is 19.9 Å². The molecule has 0 bridgehead atoms. The number of hydrogen-bond donors (Lipinski definition) is 1. The zero-order valence-electron chi connectivity index (χ0n) is 13.1. The second-order valence-corrected chi connectivity index (χ2v) is 5.10. The maximum Gasteiger partial charge on any atom is 0.227 e. The van der Waals surface area contributed by atoms with Crippen molar-refractivity contribution in [1.29, 1.82) is 0 Å². The van der Waals surface area contributed by atoms with Gasteiger partial charge in [0.25, 0.3) is 0 Å². The number of halogens is 1. The summed E-state index contributed by atoms with van der Waals surface area (Å²) in [6.07, 6.45) is 1.16. The molecule has 7 heteroatoms. The van der Waals surface area contributed by atoms with E-state index in [2.05, 4.69) is 0 Å². The summed E-state index contributed by atoms with van der Waals surface area (Å²) in [5, 5.41) is 0. The summed E-state index contributed by atoms with van der Waals surface area (Å²) >= 11 is 0. The van der Waals surface area contributed by atoms with E-state index in [-0.39, 0.29) is 24.4 Å². The summed E-state index contributed by atoms with van der Waals surface area (Å²) in [6.45, 7) is 1.35. The lowest BCUT2D eigenvalue weighted by atomic mass is 10.1. The second-order valence-electron chi connectivity index (χ2n) is 5.10. The van der Waals surface area contributed by atoms with E-state index in [1.54, 1.807) is 38.4 Å². The standard InChI is InChI=1S/C15H22N2O4.ClH/c1-19-12-6-10(7-13(20-2)15(12)21-3)8-14(18)17-5-4-11(16)9-17;/h6-7,11H,4-5,8-9,16H2,1-3H3;1H/t11-;/m1./s1. The van der Waals surface area contributed by atoms with Crippen molar-refractivity contribution in [2.45, 2.75) is 18.9 Å². The molecule has 1 atom stereocenters. The second kappa shape index (κ2) is 8.10. The van der Waals surface area contributed by atoms with Gasteiger partial charge in [-0.15, -0.1) is 12.4 Å². The van der Waals surface area contributed by atoms with Gasteiger partial charge < -0.3 is 24.8 Å². The van der Waals surface area contributed by atoms with Gasteiger partial charge in [-0.1, -0.05) is 0 Å². The van der Waals surface area contributed by atoms with Gasteiger partial charge in [0.05, 0.1) is 27.8 Å². The Morgan fingerprint density at radius 3 is 2.23 bits per heavy atom. The van der Waals surface area contributed by atoms with Crippen molar-refractivity contribution in [1.82, 2.24) is 4.90 Å². The fraction of sp³-hybridized carbons (Fsp3) is 0.533. The molecule has 0 aromatic heterocycles. The van der Waals surface area contributed by atoms with Crippen LogP contribution < -0.4 is 19.9 Å². The zero-order chi connectivity index (χ0) is 15.4. The first-order valence-corrected chi connectivity index (χ1v) is 6.91. The molecule has 0 spiro atoms. The number of ether oxygens (including phenoxy) is 3. The van der Waals surface area contributed by atoms with Crippen LogP contribution in [0.3, 0.4) is 0 Å². The third-order valence-electron chi connectivity index (χ3n) is 3.66. The Bertz CT molecular complexity index is 499. The van der Waals surface area contributed by atoms with Crippen LogP contribution >= 0.6 is 12.4 Å². The van der Waals surface area contributed by atoms with Gasteiger partial charge in [-0.25, -0.2) is 0 Å². The third kappa shape index (κ3) is 3.96. The smallest absolute Gasteiger partial charge is 0.227 e. The van der Waals surface area contributed by atoms with Crippen LogP contribution in [0.15, 0.2) is 12.1 Å². The molecule has 1 aliphatic heterocycles. The van der Waals surface area contributed by atoms with E-state index in [1.807, 2.05) is 0 Å². The van der Waals surface area contributed by atoms with Crippen LogP contribution in [0, 0.1) is 0 Å². The summed E-state index contributed by atoms with van der Waals surface area (Å²) in [6, 6.07) is 3.69. The summed E-state index contributed by atoms with van der Waals surface area (Å²) < 4.78 is 15.9. The minimum absolute atomic E-state index is 0. The number of likely N-dealkylation sites (tertiary alicyclic amines) is 1. The quantitative estimate of drug-likeness (QED) is 0.879. The Morgan fingerprint density at radius 1 is 1.23 bits per heavy atom. The molecule has 1 saturated heterocycles. The molecule has 1 aromatic carbocycles. The average Bonchev–Trinajstić information content (AvgIpc) is 2.92. The van der Waals surface area contributed by atoms with Crippen molar-refractivity contribution >= 4 is 18.3 Å². The Morgan fingerprint density at radius 2 is 1.82 bits per heavy atom. The molecule has 1 aliphatic rings. The highest BCUT2D eigenvalue weighted by molar-refractivity contribution is 5.85. The molecule has 2 N–H and O–H groups in total. The van der Waals surface area contributed by atoms with Crippen LogP contribution in [0.5, 0.6) is 17.2 Å². The Balaban J connectivity index is 0.00000242. The van der Waals surface area contributed by atoms with E-state index >= 15 is 0 Å². The Kier molecular flexibility index (Phi) is 6.77. The van der Waals surface area contributed by atoms with Gasteiger partial charge in [-0.05, 0) is 24.1 Å². The van der Waals surface area contributed by atoms with E-state index in [9.17, 15) is 4.79 Å². The van der Waals surface area contributed by atoms with Gasteiger partial charge in [0.15, 0.2) is 11.5 Å². The highest BCUT2D eigenvalue weighted by atomic mass is 35.5. The van der Waals surface area contributed by atoms with E-state index in [1.165, 1.54) is 0 Å². The van der Waals surface area contributed by atoms with Gasteiger partial charge in [-0.3, -0.25) is 4.79 Å². The SMILES string of the molecule is COc1cc(CC(=O)N2CC[C@@H](N)C2)cc(OC)c1OC.Cl. The number of benzene rings is 1. The lowest BCUT2D eigenvalue weighted by Crippen LogP contribution is -2.32. The number of methoxy groups -OCH3 is 3. The molecule has 0 unspecified atom stereocenters. The first-order valence-electron chi connectivity index (χ1n) is 6.91. The molecule has 124 valence electrons. The largest absolute Gasteiger partial charge is 0.493 e. The molecule has 1 heterocycles. The minimum atomic E-state index is 0. The van der Waals surface area contributed by atoms with Crippen LogP contribution in [0.1, 0.15) is 12.0 Å². The van der Waals surface area contributed by atoms with Crippen LogP contribution in [0.25, 0.3) is 0 Å². The molecule has 0 radical (unpaired) electrons. The number of nitrogens with two attached hydrogens (primary N) is 1. The summed E-state index contributed by atoms with van der Waals surface area (Å²) in [5.74, 6) is 1.70. The van der Waals surface area contributed by atoms with Crippen LogP contribution in [-0.4, -0.2) is 51.3 Å². The Hall–Kier alpha value is -1.66. The topological polar surface area (TPSA) is 74.0 Å². The lowest BCUT2D eigenvalue weighted by molar-refractivity contribution is -0.129. The summed E-state index contributed by atoms with van der Waals surface area (Å²) in [5.41, 5.74) is 6.66. The molecule has 0 aliphatic carbocycles. The normalized spacial score (nSPS) is 16.9. The van der Waals surface area contributed by atoms with Crippen molar-refractivity contribution in [3.8, 4) is 17.2 Å². The number of amides is 1. The van der Waals surface area contributed by atoms with Gasteiger partial charge in [-0.2, -0.15) is 0 Å².